The highest BCUT2D eigenvalue weighted by Crippen LogP contribution is 2.39. The Balaban J connectivity index is 1.88. The summed E-state index contributed by atoms with van der Waals surface area (Å²) in [4.78, 5) is 11.2. The first kappa shape index (κ1) is 10.0. The maximum Gasteiger partial charge on any atom is 0.396 e. The number of rotatable bonds is 2. The average Bonchev–Trinajstić information content (AvgIpc) is 2.79. The van der Waals surface area contributed by atoms with Crippen LogP contribution in [0.15, 0.2) is 28.7 Å². The largest absolute Gasteiger partial charge is 0.462 e. The second-order valence-electron chi connectivity index (χ2n) is 3.89. The van der Waals surface area contributed by atoms with E-state index in [2.05, 4.69) is 21.0 Å². The van der Waals surface area contributed by atoms with E-state index < -0.39 is 5.97 Å². The summed E-state index contributed by atoms with van der Waals surface area (Å²) >= 11 is 0. The molecule has 5 heteroatoms. The van der Waals surface area contributed by atoms with Gasteiger partial charge in [-0.3, -0.25) is 0 Å². The zero-order valence-electron chi connectivity index (χ0n) is 9.21. The fraction of sp³-hybridized carbons (Fsp3) is 0.250. The van der Waals surface area contributed by atoms with E-state index in [-0.39, 0.29) is 11.8 Å². The van der Waals surface area contributed by atoms with Crippen LogP contribution in [0.1, 0.15) is 33.6 Å². The van der Waals surface area contributed by atoms with Crippen molar-refractivity contribution in [1.29, 1.82) is 0 Å². The maximum atomic E-state index is 11.2. The highest BCUT2D eigenvalue weighted by atomic mass is 16.5. The summed E-state index contributed by atoms with van der Waals surface area (Å²) in [6.07, 6.45) is 0.874. The number of carbonyl (C=O) groups excluding carboxylic acids is 1. The van der Waals surface area contributed by atoms with Crippen molar-refractivity contribution in [3.05, 3.63) is 47.2 Å². The molecule has 1 aliphatic rings. The average molecular weight is 230 g/mol. The van der Waals surface area contributed by atoms with Gasteiger partial charge in [0.25, 0.3) is 0 Å². The van der Waals surface area contributed by atoms with E-state index in [0.717, 1.165) is 6.42 Å². The molecule has 0 saturated carbocycles. The van der Waals surface area contributed by atoms with E-state index in [1.807, 2.05) is 18.2 Å². The van der Waals surface area contributed by atoms with E-state index >= 15 is 0 Å². The highest BCUT2D eigenvalue weighted by molar-refractivity contribution is 5.83. The molecule has 1 aromatic carbocycles. The van der Waals surface area contributed by atoms with Crippen LogP contribution in [0.3, 0.4) is 0 Å². The Morgan fingerprint density at radius 2 is 2.24 bits per heavy atom. The molecule has 0 radical (unpaired) electrons. The Bertz CT molecular complexity index is 577. The van der Waals surface area contributed by atoms with Gasteiger partial charge in [0.15, 0.2) is 0 Å². The summed E-state index contributed by atoms with van der Waals surface area (Å²) < 4.78 is 9.82. The SMILES string of the molecule is COC(=O)c1nnc(C2Cc3ccccc32)o1. The first-order chi connectivity index (χ1) is 8.29. The molecule has 17 heavy (non-hydrogen) atoms. The van der Waals surface area contributed by atoms with Gasteiger partial charge >= 0.3 is 11.9 Å². The molecule has 0 amide bonds. The second kappa shape index (κ2) is 3.69. The minimum Gasteiger partial charge on any atom is -0.462 e. The van der Waals surface area contributed by atoms with E-state index in [1.165, 1.54) is 18.2 Å². The van der Waals surface area contributed by atoms with Crippen molar-refractivity contribution in [2.45, 2.75) is 12.3 Å². The lowest BCUT2D eigenvalue weighted by Crippen LogP contribution is -2.18. The molecule has 2 aromatic rings. The number of esters is 1. The molecule has 1 heterocycles. The topological polar surface area (TPSA) is 65.2 Å². The molecule has 1 aromatic heterocycles. The predicted molar refractivity (Wildman–Crippen MR) is 57.6 cm³/mol. The first-order valence-electron chi connectivity index (χ1n) is 5.29. The van der Waals surface area contributed by atoms with Crippen molar-refractivity contribution < 1.29 is 13.9 Å². The van der Waals surface area contributed by atoms with E-state index in [0.29, 0.717) is 5.89 Å². The van der Waals surface area contributed by atoms with Crippen molar-refractivity contribution >= 4 is 5.97 Å². The van der Waals surface area contributed by atoms with Crippen LogP contribution in [-0.2, 0) is 11.2 Å². The summed E-state index contributed by atoms with van der Waals surface area (Å²) in [5, 5.41) is 7.56. The summed E-state index contributed by atoms with van der Waals surface area (Å²) in [6.45, 7) is 0. The van der Waals surface area contributed by atoms with Crippen LogP contribution in [0, 0.1) is 0 Å². The third kappa shape index (κ3) is 1.51. The summed E-state index contributed by atoms with van der Waals surface area (Å²) in [7, 11) is 1.28. The second-order valence-corrected chi connectivity index (χ2v) is 3.89. The normalized spacial score (nSPS) is 17.1. The van der Waals surface area contributed by atoms with Crippen LogP contribution in [0.5, 0.6) is 0 Å². The number of nitrogens with zero attached hydrogens (tertiary/aromatic N) is 2. The lowest BCUT2D eigenvalue weighted by Gasteiger charge is -2.26. The van der Waals surface area contributed by atoms with Crippen LogP contribution >= 0.6 is 0 Å². The lowest BCUT2D eigenvalue weighted by atomic mass is 9.77. The molecule has 86 valence electrons. The number of carbonyl (C=O) groups is 1. The van der Waals surface area contributed by atoms with Crippen molar-refractivity contribution in [3.63, 3.8) is 0 Å². The fourth-order valence-corrected chi connectivity index (χ4v) is 2.02. The fourth-order valence-electron chi connectivity index (χ4n) is 2.02. The molecule has 1 atom stereocenters. The number of methoxy groups -OCH3 is 1. The molecule has 1 aliphatic carbocycles. The van der Waals surface area contributed by atoms with Crippen molar-refractivity contribution in [1.82, 2.24) is 10.2 Å². The molecule has 0 aliphatic heterocycles. The van der Waals surface area contributed by atoms with Crippen LogP contribution < -0.4 is 0 Å². The van der Waals surface area contributed by atoms with Gasteiger partial charge in [-0.2, -0.15) is 0 Å². The molecular weight excluding hydrogens is 220 g/mol. The zero-order valence-corrected chi connectivity index (χ0v) is 9.21. The van der Waals surface area contributed by atoms with Gasteiger partial charge in [-0.05, 0) is 17.5 Å². The zero-order chi connectivity index (χ0) is 11.8. The Kier molecular flexibility index (Phi) is 2.18. The van der Waals surface area contributed by atoms with Gasteiger partial charge in [-0.15, -0.1) is 10.2 Å². The third-order valence-electron chi connectivity index (χ3n) is 2.95. The van der Waals surface area contributed by atoms with Gasteiger partial charge in [-0.1, -0.05) is 24.3 Å². The van der Waals surface area contributed by atoms with Crippen molar-refractivity contribution in [2.24, 2.45) is 0 Å². The van der Waals surface area contributed by atoms with Gasteiger partial charge in [0, 0.05) is 0 Å². The Hall–Kier alpha value is -2.17. The number of fused-ring (bicyclic) bond motifs is 1. The van der Waals surface area contributed by atoms with Gasteiger partial charge in [0.2, 0.25) is 5.89 Å². The number of ether oxygens (including phenoxy) is 1. The van der Waals surface area contributed by atoms with Crippen molar-refractivity contribution in [2.75, 3.05) is 7.11 Å². The van der Waals surface area contributed by atoms with Crippen LogP contribution in [0.2, 0.25) is 0 Å². The monoisotopic (exact) mass is 230 g/mol. The molecule has 0 spiro atoms. The number of hydrogen-bond donors (Lipinski definition) is 0. The maximum absolute atomic E-state index is 11.2. The molecule has 0 saturated heterocycles. The summed E-state index contributed by atoms with van der Waals surface area (Å²) in [5.41, 5.74) is 2.47. The van der Waals surface area contributed by atoms with Crippen molar-refractivity contribution in [3.8, 4) is 0 Å². The lowest BCUT2D eigenvalue weighted by molar-refractivity contribution is 0.0553. The Labute approximate surface area is 97.4 Å². The van der Waals surface area contributed by atoms with Gasteiger partial charge in [0.05, 0.1) is 13.0 Å². The molecule has 5 nitrogen and oxygen atoms in total. The van der Waals surface area contributed by atoms with Crippen LogP contribution in [0.4, 0.5) is 0 Å². The minimum absolute atomic E-state index is 0.0909. The Morgan fingerprint density at radius 3 is 3.00 bits per heavy atom. The summed E-state index contributed by atoms with van der Waals surface area (Å²) in [6, 6.07) is 8.08. The van der Waals surface area contributed by atoms with E-state index in [1.54, 1.807) is 0 Å². The standard InChI is InChI=1S/C12H10N2O3/c1-16-12(15)11-14-13-10(17-11)9-6-7-4-2-3-5-8(7)9/h2-5,9H,6H2,1H3. The van der Waals surface area contributed by atoms with E-state index in [9.17, 15) is 4.79 Å². The van der Waals surface area contributed by atoms with E-state index in [4.69, 9.17) is 4.42 Å². The number of benzene rings is 1. The molecule has 3 rings (SSSR count). The predicted octanol–water partition coefficient (Wildman–Crippen LogP) is 1.54. The minimum atomic E-state index is -0.601. The molecule has 0 bridgehead atoms. The third-order valence-corrected chi connectivity index (χ3v) is 2.95. The Morgan fingerprint density at radius 1 is 1.41 bits per heavy atom. The summed E-state index contributed by atoms with van der Waals surface area (Å²) in [5.74, 6) is -0.107. The molecule has 0 N–H and O–H groups in total. The molecular formula is C12H10N2O3. The van der Waals surface area contributed by atoms with Crippen LogP contribution in [0.25, 0.3) is 0 Å². The highest BCUT2D eigenvalue weighted by Gasteiger charge is 2.32. The molecule has 0 fully saturated rings. The number of hydrogen-bond acceptors (Lipinski definition) is 5. The van der Waals surface area contributed by atoms with Gasteiger partial charge < -0.3 is 9.15 Å². The van der Waals surface area contributed by atoms with Gasteiger partial charge in [0.1, 0.15) is 0 Å². The van der Waals surface area contributed by atoms with Crippen LogP contribution in [-0.4, -0.2) is 23.3 Å². The first-order valence-corrected chi connectivity index (χ1v) is 5.29. The molecule has 1 unspecified atom stereocenters. The number of aromatic nitrogens is 2. The smallest absolute Gasteiger partial charge is 0.396 e. The van der Waals surface area contributed by atoms with Gasteiger partial charge in [-0.25, -0.2) is 4.79 Å². The quantitative estimate of drug-likeness (QED) is 0.732.